The molecule has 0 bridgehead atoms. The van der Waals surface area contributed by atoms with Gasteiger partial charge in [-0.05, 0) is 61.2 Å². The van der Waals surface area contributed by atoms with E-state index in [0.29, 0.717) is 47.4 Å². The van der Waals surface area contributed by atoms with E-state index < -0.39 is 5.97 Å². The van der Waals surface area contributed by atoms with Crippen LogP contribution < -0.4 is 9.80 Å². The summed E-state index contributed by atoms with van der Waals surface area (Å²) < 4.78 is 0. The van der Waals surface area contributed by atoms with Crippen LogP contribution in [0.25, 0.3) is 0 Å². The lowest BCUT2D eigenvalue weighted by molar-refractivity contribution is 0.0690. The Morgan fingerprint density at radius 3 is 2.61 bits per heavy atom. The maximum Gasteiger partial charge on any atom is 0.354 e. The van der Waals surface area contributed by atoms with Gasteiger partial charge in [0.1, 0.15) is 16.7 Å². The zero-order valence-electron chi connectivity index (χ0n) is 17.0. The van der Waals surface area contributed by atoms with E-state index in [1.54, 1.807) is 42.4 Å². The van der Waals surface area contributed by atoms with E-state index in [1.165, 1.54) is 6.20 Å². The summed E-state index contributed by atoms with van der Waals surface area (Å²) in [6.07, 6.45) is 4.43. The molecule has 1 amide bonds. The Kier molecular flexibility index (Phi) is 5.56. The fourth-order valence-electron chi connectivity index (χ4n) is 3.61. The molecule has 0 fully saturated rings. The molecule has 0 saturated carbocycles. The van der Waals surface area contributed by atoms with Crippen LogP contribution in [-0.2, 0) is 12.8 Å². The number of carbonyl (C=O) groups excluding carboxylic acids is 1. The van der Waals surface area contributed by atoms with Crippen LogP contribution in [0.5, 0.6) is 0 Å². The van der Waals surface area contributed by atoms with Gasteiger partial charge in [-0.15, -0.1) is 0 Å². The van der Waals surface area contributed by atoms with Crippen molar-refractivity contribution in [3.8, 4) is 0 Å². The fourth-order valence-corrected chi connectivity index (χ4v) is 3.76. The summed E-state index contributed by atoms with van der Waals surface area (Å²) in [6, 6.07) is 8.63. The minimum Gasteiger partial charge on any atom is -0.477 e. The summed E-state index contributed by atoms with van der Waals surface area (Å²) in [5.74, 6) is -0.116. The number of amides is 1. The molecule has 4 heterocycles. The van der Waals surface area contributed by atoms with E-state index >= 15 is 0 Å². The molecular weight excluding hydrogens is 418 g/mol. The van der Waals surface area contributed by atoms with E-state index in [4.69, 9.17) is 16.7 Å². The van der Waals surface area contributed by atoms with Crippen molar-refractivity contribution >= 4 is 40.8 Å². The van der Waals surface area contributed by atoms with E-state index in [1.807, 2.05) is 17.9 Å². The highest BCUT2D eigenvalue weighted by molar-refractivity contribution is 6.29. The Bertz CT molecular complexity index is 1180. The third-order valence-corrected chi connectivity index (χ3v) is 5.42. The van der Waals surface area contributed by atoms with E-state index in [0.717, 1.165) is 11.1 Å². The van der Waals surface area contributed by atoms with Crippen molar-refractivity contribution in [2.45, 2.75) is 19.8 Å². The monoisotopic (exact) mass is 437 g/mol. The van der Waals surface area contributed by atoms with Crippen LogP contribution in [0, 0.1) is 0 Å². The number of hydrogen-bond donors (Lipinski definition) is 1. The number of hydrogen-bond acceptors (Lipinski definition) is 6. The van der Waals surface area contributed by atoms with Gasteiger partial charge in [-0.3, -0.25) is 4.79 Å². The van der Waals surface area contributed by atoms with Gasteiger partial charge in [-0.2, -0.15) is 0 Å². The number of halogens is 1. The van der Waals surface area contributed by atoms with Gasteiger partial charge in [0.25, 0.3) is 5.91 Å². The fraction of sp³-hybridized carbons (Fsp3) is 0.227. The van der Waals surface area contributed by atoms with Crippen LogP contribution in [-0.4, -0.2) is 45.5 Å². The van der Waals surface area contributed by atoms with Gasteiger partial charge < -0.3 is 14.9 Å². The number of aromatic nitrogens is 3. The molecule has 0 saturated heterocycles. The average Bonchev–Trinajstić information content (AvgIpc) is 2.85. The van der Waals surface area contributed by atoms with E-state index in [2.05, 4.69) is 15.0 Å². The molecule has 31 heavy (non-hydrogen) atoms. The van der Waals surface area contributed by atoms with Crippen LogP contribution in [0.15, 0.2) is 42.7 Å². The first-order valence-electron chi connectivity index (χ1n) is 9.78. The van der Waals surface area contributed by atoms with Crippen molar-refractivity contribution in [2.24, 2.45) is 0 Å². The predicted octanol–water partition coefficient (Wildman–Crippen LogP) is 3.76. The molecule has 4 rings (SSSR count). The molecule has 0 unspecified atom stereocenters. The second-order valence-corrected chi connectivity index (χ2v) is 7.54. The second-order valence-electron chi connectivity index (χ2n) is 7.15. The maximum absolute atomic E-state index is 13.2. The van der Waals surface area contributed by atoms with Crippen LogP contribution in [0.3, 0.4) is 0 Å². The van der Waals surface area contributed by atoms with Crippen molar-refractivity contribution in [3.05, 3.63) is 70.3 Å². The molecule has 158 valence electrons. The van der Waals surface area contributed by atoms with Crippen molar-refractivity contribution in [1.82, 2.24) is 15.0 Å². The number of pyridine rings is 3. The topological polar surface area (TPSA) is 99.5 Å². The summed E-state index contributed by atoms with van der Waals surface area (Å²) in [6.45, 7) is 2.53. The molecule has 0 spiro atoms. The minimum atomic E-state index is -1.06. The largest absolute Gasteiger partial charge is 0.477 e. The SMILES string of the molecule is CCN1c2ncc(CCc3ccnc(C(=O)O)c3)cc2C(=O)N(C)c2ccc(Cl)nc21. The molecule has 9 heteroatoms. The Hall–Kier alpha value is -3.52. The van der Waals surface area contributed by atoms with E-state index in [-0.39, 0.29) is 11.6 Å². The summed E-state index contributed by atoms with van der Waals surface area (Å²) >= 11 is 6.12. The van der Waals surface area contributed by atoms with Crippen molar-refractivity contribution < 1.29 is 14.7 Å². The van der Waals surface area contributed by atoms with Crippen LogP contribution in [0.2, 0.25) is 5.15 Å². The van der Waals surface area contributed by atoms with Gasteiger partial charge in [0, 0.05) is 26.0 Å². The molecule has 3 aromatic heterocycles. The highest BCUT2D eigenvalue weighted by Gasteiger charge is 2.30. The molecule has 0 aromatic carbocycles. The highest BCUT2D eigenvalue weighted by Crippen LogP contribution is 2.38. The van der Waals surface area contributed by atoms with Gasteiger partial charge in [0.2, 0.25) is 0 Å². The standard InChI is InChI=1S/C22H20ClN5O3/c1-3-28-19-15(21(29)27(2)17-6-7-18(23)26-20(17)28)10-14(12-25-19)5-4-13-8-9-24-16(11-13)22(30)31/h6-12H,3-5H2,1-2H3,(H,30,31). The zero-order valence-corrected chi connectivity index (χ0v) is 17.8. The molecule has 1 aliphatic heterocycles. The van der Waals surface area contributed by atoms with Crippen molar-refractivity contribution in [1.29, 1.82) is 0 Å². The van der Waals surface area contributed by atoms with E-state index in [9.17, 15) is 9.59 Å². The molecule has 0 radical (unpaired) electrons. The first-order chi connectivity index (χ1) is 14.9. The minimum absolute atomic E-state index is 0.0110. The Morgan fingerprint density at radius 1 is 1.10 bits per heavy atom. The van der Waals surface area contributed by atoms with Crippen molar-refractivity contribution in [3.63, 3.8) is 0 Å². The smallest absolute Gasteiger partial charge is 0.354 e. The molecule has 3 aromatic rings. The first-order valence-corrected chi connectivity index (χ1v) is 10.2. The molecular formula is C22H20ClN5O3. The molecule has 1 aliphatic rings. The summed E-state index contributed by atoms with van der Waals surface area (Å²) in [7, 11) is 1.71. The average molecular weight is 438 g/mol. The quantitative estimate of drug-likeness (QED) is 0.606. The lowest BCUT2D eigenvalue weighted by Crippen LogP contribution is -2.25. The number of fused-ring (bicyclic) bond motifs is 2. The van der Waals surface area contributed by atoms with Crippen LogP contribution in [0.1, 0.15) is 38.9 Å². The lowest BCUT2D eigenvalue weighted by Gasteiger charge is -2.23. The third-order valence-electron chi connectivity index (χ3n) is 5.21. The number of aromatic carboxylic acids is 1. The van der Waals surface area contributed by atoms with Crippen molar-refractivity contribution in [2.75, 3.05) is 23.4 Å². The van der Waals surface area contributed by atoms with Crippen LogP contribution in [0.4, 0.5) is 17.3 Å². The molecule has 8 nitrogen and oxygen atoms in total. The number of aryl methyl sites for hydroxylation is 2. The molecule has 0 aliphatic carbocycles. The molecule has 0 atom stereocenters. The summed E-state index contributed by atoms with van der Waals surface area (Å²) in [5.41, 5.74) is 2.89. The van der Waals surface area contributed by atoms with Gasteiger partial charge in [-0.1, -0.05) is 11.6 Å². The third kappa shape index (κ3) is 3.94. The Balaban J connectivity index is 1.67. The number of rotatable bonds is 5. The predicted molar refractivity (Wildman–Crippen MR) is 118 cm³/mol. The van der Waals surface area contributed by atoms with Gasteiger partial charge in [0.05, 0.1) is 11.3 Å². The number of nitrogens with zero attached hydrogens (tertiary/aromatic N) is 5. The Labute approximate surface area is 184 Å². The maximum atomic E-state index is 13.2. The van der Waals surface area contributed by atoms with Crippen LogP contribution >= 0.6 is 11.6 Å². The van der Waals surface area contributed by atoms with Gasteiger partial charge in [-0.25, -0.2) is 19.7 Å². The number of carbonyl (C=O) groups is 2. The Morgan fingerprint density at radius 2 is 1.87 bits per heavy atom. The lowest BCUT2D eigenvalue weighted by atomic mass is 10.0. The van der Waals surface area contributed by atoms with Gasteiger partial charge in [0.15, 0.2) is 5.82 Å². The summed E-state index contributed by atoms with van der Waals surface area (Å²) in [5, 5.41) is 9.46. The number of carboxylic acid groups (broad SMARTS) is 1. The number of anilines is 3. The molecule has 1 N–H and O–H groups in total. The normalized spacial score (nSPS) is 12.9. The second kappa shape index (κ2) is 8.31. The first kappa shape index (κ1) is 20.7. The highest BCUT2D eigenvalue weighted by atomic mass is 35.5. The summed E-state index contributed by atoms with van der Waals surface area (Å²) in [4.78, 5) is 40.6. The zero-order chi connectivity index (χ0) is 22.1. The number of carboxylic acids is 1. The van der Waals surface area contributed by atoms with Gasteiger partial charge >= 0.3 is 5.97 Å².